The van der Waals surface area contributed by atoms with Crippen molar-refractivity contribution >= 4 is 5.78 Å². The molecule has 1 saturated carbocycles. The van der Waals surface area contributed by atoms with E-state index in [2.05, 4.69) is 6.92 Å². The van der Waals surface area contributed by atoms with Gasteiger partial charge in [0, 0.05) is 5.92 Å². The van der Waals surface area contributed by atoms with Gasteiger partial charge in [-0.05, 0) is 37.7 Å². The molecule has 17 heavy (non-hydrogen) atoms. The van der Waals surface area contributed by atoms with Crippen molar-refractivity contribution in [2.24, 2.45) is 11.8 Å². The van der Waals surface area contributed by atoms with Gasteiger partial charge in [-0.2, -0.15) is 0 Å². The van der Waals surface area contributed by atoms with Crippen LogP contribution in [0, 0.1) is 11.8 Å². The largest absolute Gasteiger partial charge is 0.295 e. The Balaban J connectivity index is 2.03. The van der Waals surface area contributed by atoms with Crippen LogP contribution in [0.5, 0.6) is 0 Å². The topological polar surface area (TPSA) is 17.1 Å². The Labute approximate surface area is 106 Å². The van der Waals surface area contributed by atoms with Gasteiger partial charge in [-0.1, -0.05) is 51.0 Å². The van der Waals surface area contributed by atoms with E-state index < -0.39 is 0 Å². The molecule has 0 bridgehead atoms. The third kappa shape index (κ3) is 3.20. The number of carbonyl (C=O) groups excluding carboxylic acids is 1. The van der Waals surface area contributed by atoms with Gasteiger partial charge in [0.1, 0.15) is 0 Å². The van der Waals surface area contributed by atoms with Gasteiger partial charge in [0.2, 0.25) is 0 Å². The SMILES string of the molecule is CCC1C(=O)C=C2CCCCCCCCCC21. The summed E-state index contributed by atoms with van der Waals surface area (Å²) in [7, 11) is 0. The first kappa shape index (κ1) is 12.9. The first-order chi connectivity index (χ1) is 8.33. The maximum atomic E-state index is 12.0. The van der Waals surface area contributed by atoms with E-state index in [9.17, 15) is 4.79 Å². The zero-order valence-electron chi connectivity index (χ0n) is 11.2. The molecule has 0 saturated heterocycles. The normalized spacial score (nSPS) is 31.6. The van der Waals surface area contributed by atoms with Crippen LogP contribution in [0.15, 0.2) is 11.6 Å². The molecule has 0 aliphatic heterocycles. The highest BCUT2D eigenvalue weighted by molar-refractivity contribution is 5.95. The van der Waals surface area contributed by atoms with Crippen molar-refractivity contribution in [1.82, 2.24) is 0 Å². The predicted octanol–water partition coefficient (Wildman–Crippen LogP) is 4.66. The van der Waals surface area contributed by atoms with Crippen molar-refractivity contribution in [3.63, 3.8) is 0 Å². The van der Waals surface area contributed by atoms with E-state index in [4.69, 9.17) is 0 Å². The van der Waals surface area contributed by atoms with Gasteiger partial charge >= 0.3 is 0 Å². The smallest absolute Gasteiger partial charge is 0.159 e. The van der Waals surface area contributed by atoms with Crippen LogP contribution in [-0.2, 0) is 4.79 Å². The molecule has 0 amide bonds. The number of hydrogen-bond donors (Lipinski definition) is 0. The summed E-state index contributed by atoms with van der Waals surface area (Å²) in [6, 6.07) is 0. The average molecular weight is 234 g/mol. The highest BCUT2D eigenvalue weighted by atomic mass is 16.1. The number of ketones is 1. The van der Waals surface area contributed by atoms with Crippen LogP contribution in [0.2, 0.25) is 0 Å². The zero-order valence-corrected chi connectivity index (χ0v) is 11.2. The second-order valence-electron chi connectivity index (χ2n) is 5.76. The lowest BCUT2D eigenvalue weighted by Crippen LogP contribution is -2.16. The van der Waals surface area contributed by atoms with E-state index in [-0.39, 0.29) is 0 Å². The van der Waals surface area contributed by atoms with Crippen LogP contribution in [0.3, 0.4) is 0 Å². The van der Waals surface area contributed by atoms with Crippen LogP contribution in [0.4, 0.5) is 0 Å². The third-order valence-electron chi connectivity index (χ3n) is 4.58. The van der Waals surface area contributed by atoms with Crippen LogP contribution >= 0.6 is 0 Å². The minimum absolute atomic E-state index is 0.325. The lowest BCUT2D eigenvalue weighted by Gasteiger charge is -2.20. The molecular formula is C16H26O. The van der Waals surface area contributed by atoms with E-state index in [0.29, 0.717) is 17.6 Å². The molecule has 0 aromatic heterocycles. The lowest BCUT2D eigenvalue weighted by molar-refractivity contribution is -0.118. The maximum absolute atomic E-state index is 12.0. The molecule has 1 heteroatoms. The molecule has 1 nitrogen and oxygen atoms in total. The highest BCUT2D eigenvalue weighted by Crippen LogP contribution is 2.38. The summed E-state index contributed by atoms with van der Waals surface area (Å²) in [6.45, 7) is 2.17. The summed E-state index contributed by atoms with van der Waals surface area (Å²) in [5.74, 6) is 1.35. The maximum Gasteiger partial charge on any atom is 0.159 e. The lowest BCUT2D eigenvalue weighted by atomic mass is 9.83. The molecular weight excluding hydrogens is 208 g/mol. The molecule has 96 valence electrons. The van der Waals surface area contributed by atoms with E-state index in [1.807, 2.05) is 6.08 Å². The van der Waals surface area contributed by atoms with Gasteiger partial charge in [-0.3, -0.25) is 4.79 Å². The summed E-state index contributed by atoms with van der Waals surface area (Å²) in [6.07, 6.45) is 15.0. The van der Waals surface area contributed by atoms with Crippen molar-refractivity contribution < 1.29 is 4.79 Å². The molecule has 0 heterocycles. The molecule has 0 N–H and O–H groups in total. The quantitative estimate of drug-likeness (QED) is 0.644. The fourth-order valence-corrected chi connectivity index (χ4v) is 3.56. The number of allylic oxidation sites excluding steroid dienone is 2. The Kier molecular flexibility index (Phi) is 4.82. The Morgan fingerprint density at radius 2 is 1.71 bits per heavy atom. The second-order valence-corrected chi connectivity index (χ2v) is 5.76. The summed E-state index contributed by atoms with van der Waals surface area (Å²) in [5.41, 5.74) is 1.49. The van der Waals surface area contributed by atoms with Crippen LogP contribution in [-0.4, -0.2) is 5.78 Å². The summed E-state index contributed by atoms with van der Waals surface area (Å²) in [4.78, 5) is 12.0. The Bertz CT molecular complexity index is 290. The molecule has 2 aliphatic carbocycles. The van der Waals surface area contributed by atoms with Crippen molar-refractivity contribution in [2.75, 3.05) is 0 Å². The van der Waals surface area contributed by atoms with Gasteiger partial charge < -0.3 is 0 Å². The number of rotatable bonds is 1. The Morgan fingerprint density at radius 3 is 2.41 bits per heavy atom. The number of hydrogen-bond acceptors (Lipinski definition) is 1. The molecule has 2 aliphatic rings. The first-order valence-corrected chi connectivity index (χ1v) is 7.57. The number of carbonyl (C=O) groups is 1. The van der Waals surface area contributed by atoms with Gasteiger partial charge in [0.15, 0.2) is 5.78 Å². The standard InChI is InChI=1S/C16H26O/c1-2-14-15-11-9-7-5-3-4-6-8-10-13(15)12-16(14)17/h12,14-15H,2-11H2,1H3. The molecule has 0 aromatic carbocycles. The van der Waals surface area contributed by atoms with E-state index in [1.54, 1.807) is 0 Å². The van der Waals surface area contributed by atoms with E-state index >= 15 is 0 Å². The Morgan fingerprint density at radius 1 is 1.06 bits per heavy atom. The molecule has 2 unspecified atom stereocenters. The second kappa shape index (κ2) is 6.37. The number of fused-ring (bicyclic) bond motifs is 1. The molecule has 2 rings (SSSR count). The Hall–Kier alpha value is -0.590. The van der Waals surface area contributed by atoms with E-state index in [0.717, 1.165) is 6.42 Å². The molecule has 0 spiro atoms. The third-order valence-corrected chi connectivity index (χ3v) is 4.58. The van der Waals surface area contributed by atoms with Crippen molar-refractivity contribution in [2.45, 2.75) is 71.1 Å². The highest BCUT2D eigenvalue weighted by Gasteiger charge is 2.33. The van der Waals surface area contributed by atoms with Crippen molar-refractivity contribution in [3.8, 4) is 0 Å². The van der Waals surface area contributed by atoms with Crippen molar-refractivity contribution in [3.05, 3.63) is 11.6 Å². The summed E-state index contributed by atoms with van der Waals surface area (Å²) >= 11 is 0. The molecule has 0 radical (unpaired) electrons. The fraction of sp³-hybridized carbons (Fsp3) is 0.812. The van der Waals surface area contributed by atoms with Crippen molar-refractivity contribution in [1.29, 1.82) is 0 Å². The zero-order chi connectivity index (χ0) is 12.1. The van der Waals surface area contributed by atoms with Gasteiger partial charge in [-0.25, -0.2) is 0 Å². The van der Waals surface area contributed by atoms with Crippen LogP contribution in [0.1, 0.15) is 71.1 Å². The molecule has 0 aromatic rings. The minimum atomic E-state index is 0.325. The summed E-state index contributed by atoms with van der Waals surface area (Å²) < 4.78 is 0. The molecule has 2 atom stereocenters. The average Bonchev–Trinajstić information content (AvgIpc) is 2.59. The molecule has 1 fully saturated rings. The first-order valence-electron chi connectivity index (χ1n) is 7.57. The van der Waals surface area contributed by atoms with Gasteiger partial charge in [-0.15, -0.1) is 0 Å². The van der Waals surface area contributed by atoms with Crippen LogP contribution in [0.25, 0.3) is 0 Å². The predicted molar refractivity (Wildman–Crippen MR) is 71.9 cm³/mol. The van der Waals surface area contributed by atoms with Gasteiger partial charge in [0.25, 0.3) is 0 Å². The fourth-order valence-electron chi connectivity index (χ4n) is 3.56. The summed E-state index contributed by atoms with van der Waals surface area (Å²) in [5, 5.41) is 0. The van der Waals surface area contributed by atoms with Crippen LogP contribution < -0.4 is 0 Å². The monoisotopic (exact) mass is 234 g/mol. The van der Waals surface area contributed by atoms with Gasteiger partial charge in [0.05, 0.1) is 0 Å². The minimum Gasteiger partial charge on any atom is -0.295 e. The van der Waals surface area contributed by atoms with E-state index in [1.165, 1.54) is 63.4 Å².